The number of aromatic nitrogens is 3. The van der Waals surface area contributed by atoms with Gasteiger partial charge in [-0.3, -0.25) is 4.79 Å². The molecule has 0 saturated carbocycles. The maximum absolute atomic E-state index is 10.3. The van der Waals surface area contributed by atoms with E-state index in [-0.39, 0.29) is 6.42 Å². The maximum Gasteiger partial charge on any atom is 0.309 e. The van der Waals surface area contributed by atoms with Gasteiger partial charge in [0.15, 0.2) is 0 Å². The largest absolute Gasteiger partial charge is 0.481 e. The first-order chi connectivity index (χ1) is 6.37. The minimum atomic E-state index is -0.944. The van der Waals surface area contributed by atoms with Gasteiger partial charge in [0, 0.05) is 6.20 Å². The molecule has 0 aliphatic carbocycles. The van der Waals surface area contributed by atoms with Gasteiger partial charge in [-0.25, -0.2) is 4.68 Å². The van der Waals surface area contributed by atoms with Crippen molar-refractivity contribution in [2.45, 2.75) is 32.4 Å². The first-order valence-electron chi connectivity index (χ1n) is 4.20. The molecule has 0 aromatic carbocycles. The van der Waals surface area contributed by atoms with E-state index in [4.69, 9.17) is 5.11 Å². The Bertz CT molecular complexity index is 327. The Kier molecular flexibility index (Phi) is 2.85. The Hall–Kier alpha value is -1.43. The maximum atomic E-state index is 10.3. The molecule has 0 spiro atoms. The summed E-state index contributed by atoms with van der Waals surface area (Å²) in [6, 6.07) is 0. The molecule has 1 heterocycles. The Morgan fingerprint density at radius 2 is 2.29 bits per heavy atom. The molecule has 0 unspecified atom stereocenters. The third-order valence-electron chi connectivity index (χ3n) is 1.47. The van der Waals surface area contributed by atoms with Gasteiger partial charge in [-0.2, -0.15) is 0 Å². The van der Waals surface area contributed by atoms with Crippen molar-refractivity contribution in [1.82, 2.24) is 15.0 Å². The van der Waals surface area contributed by atoms with Crippen molar-refractivity contribution in [3.05, 3.63) is 11.9 Å². The van der Waals surface area contributed by atoms with Gasteiger partial charge in [-0.1, -0.05) is 5.21 Å². The summed E-state index contributed by atoms with van der Waals surface area (Å²) in [6.07, 6.45) is 1.37. The molecule has 2 N–H and O–H groups in total. The number of nitrogens with zero attached hydrogens (tertiary/aromatic N) is 3. The number of hydrogen-bond acceptors (Lipinski definition) is 4. The van der Waals surface area contributed by atoms with E-state index in [2.05, 4.69) is 10.3 Å². The number of aliphatic hydroxyl groups is 1. The van der Waals surface area contributed by atoms with Crippen LogP contribution in [-0.2, 0) is 17.8 Å². The van der Waals surface area contributed by atoms with Crippen molar-refractivity contribution in [2.75, 3.05) is 0 Å². The number of carboxylic acid groups (broad SMARTS) is 1. The van der Waals surface area contributed by atoms with Crippen LogP contribution in [0, 0.1) is 0 Å². The molecule has 14 heavy (non-hydrogen) atoms. The van der Waals surface area contributed by atoms with Gasteiger partial charge in [0.25, 0.3) is 0 Å². The second-order valence-electron chi connectivity index (χ2n) is 3.79. The molecule has 0 aliphatic rings. The van der Waals surface area contributed by atoms with Gasteiger partial charge in [0.05, 0.1) is 24.3 Å². The molecule has 6 nitrogen and oxygen atoms in total. The molecule has 0 fully saturated rings. The molecule has 0 atom stereocenters. The summed E-state index contributed by atoms with van der Waals surface area (Å²) in [7, 11) is 0. The van der Waals surface area contributed by atoms with Crippen LogP contribution < -0.4 is 0 Å². The Morgan fingerprint density at radius 3 is 2.79 bits per heavy atom. The van der Waals surface area contributed by atoms with Gasteiger partial charge in [-0.05, 0) is 13.8 Å². The third kappa shape index (κ3) is 3.53. The van der Waals surface area contributed by atoms with Crippen molar-refractivity contribution in [1.29, 1.82) is 0 Å². The van der Waals surface area contributed by atoms with E-state index in [9.17, 15) is 9.90 Å². The van der Waals surface area contributed by atoms with Gasteiger partial charge >= 0.3 is 5.97 Å². The van der Waals surface area contributed by atoms with Crippen LogP contribution in [-0.4, -0.2) is 36.8 Å². The zero-order valence-corrected chi connectivity index (χ0v) is 8.14. The highest BCUT2D eigenvalue weighted by Crippen LogP contribution is 2.05. The minimum Gasteiger partial charge on any atom is -0.481 e. The van der Waals surface area contributed by atoms with Crippen LogP contribution in [0.1, 0.15) is 19.5 Å². The van der Waals surface area contributed by atoms with Crippen molar-refractivity contribution < 1.29 is 15.0 Å². The molecule has 1 rings (SSSR count). The first kappa shape index (κ1) is 10.6. The topological polar surface area (TPSA) is 88.2 Å². The number of aliphatic carboxylic acids is 1. The lowest BCUT2D eigenvalue weighted by atomic mass is 10.1. The summed E-state index contributed by atoms with van der Waals surface area (Å²) in [5, 5.41) is 25.3. The van der Waals surface area contributed by atoms with E-state index in [1.807, 2.05) is 0 Å². The van der Waals surface area contributed by atoms with Crippen LogP contribution in [0.5, 0.6) is 0 Å². The molecule has 0 aliphatic heterocycles. The van der Waals surface area contributed by atoms with Crippen LogP contribution in [0.4, 0.5) is 0 Å². The van der Waals surface area contributed by atoms with Gasteiger partial charge < -0.3 is 10.2 Å². The molecule has 6 heteroatoms. The molecule has 1 aromatic rings. The van der Waals surface area contributed by atoms with E-state index in [1.54, 1.807) is 13.8 Å². The number of carboxylic acids is 1. The normalized spacial score (nSPS) is 11.6. The fourth-order valence-electron chi connectivity index (χ4n) is 1.05. The predicted molar refractivity (Wildman–Crippen MR) is 47.7 cm³/mol. The summed E-state index contributed by atoms with van der Waals surface area (Å²) in [6.45, 7) is 3.58. The van der Waals surface area contributed by atoms with Crippen LogP contribution in [0.15, 0.2) is 6.20 Å². The molecule has 0 amide bonds. The van der Waals surface area contributed by atoms with Crippen LogP contribution >= 0.6 is 0 Å². The minimum absolute atomic E-state index is 0.147. The van der Waals surface area contributed by atoms with Crippen LogP contribution in [0.25, 0.3) is 0 Å². The predicted octanol–water partition coefficient (Wildman–Crippen LogP) is -0.324. The van der Waals surface area contributed by atoms with Gasteiger partial charge in [0.2, 0.25) is 0 Å². The fourth-order valence-corrected chi connectivity index (χ4v) is 1.05. The van der Waals surface area contributed by atoms with Crippen molar-refractivity contribution in [3.63, 3.8) is 0 Å². The van der Waals surface area contributed by atoms with E-state index in [0.717, 1.165) is 0 Å². The average molecular weight is 199 g/mol. The zero-order valence-electron chi connectivity index (χ0n) is 8.14. The summed E-state index contributed by atoms with van der Waals surface area (Å²) >= 11 is 0. The Labute approximate surface area is 81.2 Å². The van der Waals surface area contributed by atoms with E-state index >= 15 is 0 Å². The lowest BCUT2D eigenvalue weighted by Gasteiger charge is -2.15. The zero-order chi connectivity index (χ0) is 10.8. The molecule has 0 radical (unpaired) electrons. The number of hydrogen-bond donors (Lipinski definition) is 2. The smallest absolute Gasteiger partial charge is 0.309 e. The molecular formula is C8H13N3O3. The monoisotopic (exact) mass is 199 g/mol. The lowest BCUT2D eigenvalue weighted by Crippen LogP contribution is -2.26. The molecule has 78 valence electrons. The average Bonchev–Trinajstić information content (AvgIpc) is 2.30. The third-order valence-corrected chi connectivity index (χ3v) is 1.47. The molecule has 1 aromatic heterocycles. The van der Waals surface area contributed by atoms with E-state index in [1.165, 1.54) is 10.9 Å². The molecular weight excluding hydrogens is 186 g/mol. The first-order valence-corrected chi connectivity index (χ1v) is 4.20. The summed E-state index contributed by atoms with van der Waals surface area (Å²) in [4.78, 5) is 10.3. The highest BCUT2D eigenvalue weighted by atomic mass is 16.4. The second kappa shape index (κ2) is 3.75. The number of rotatable bonds is 4. The van der Waals surface area contributed by atoms with Crippen LogP contribution in [0.2, 0.25) is 0 Å². The summed E-state index contributed by atoms with van der Waals surface area (Å²) in [5.74, 6) is -0.944. The molecule has 0 saturated heterocycles. The Morgan fingerprint density at radius 1 is 1.64 bits per heavy atom. The molecule has 0 bridgehead atoms. The van der Waals surface area contributed by atoms with E-state index in [0.29, 0.717) is 12.2 Å². The lowest BCUT2D eigenvalue weighted by molar-refractivity contribution is -0.136. The summed E-state index contributed by atoms with van der Waals surface area (Å²) in [5.41, 5.74) is -0.490. The Balaban J connectivity index is 2.64. The number of carbonyl (C=O) groups is 1. The SMILES string of the molecule is CC(C)(O)Cn1cc(CC(=O)O)nn1. The van der Waals surface area contributed by atoms with E-state index < -0.39 is 11.6 Å². The quantitative estimate of drug-likeness (QED) is 0.693. The highest BCUT2D eigenvalue weighted by Gasteiger charge is 2.15. The van der Waals surface area contributed by atoms with Crippen molar-refractivity contribution >= 4 is 5.97 Å². The highest BCUT2D eigenvalue weighted by molar-refractivity contribution is 5.69. The summed E-state index contributed by atoms with van der Waals surface area (Å²) < 4.78 is 1.43. The fraction of sp³-hybridized carbons (Fsp3) is 0.625. The standard InChI is InChI=1S/C8H13N3O3/c1-8(2,14)5-11-4-6(9-10-11)3-7(12)13/h4,14H,3,5H2,1-2H3,(H,12,13). The van der Waals surface area contributed by atoms with Crippen LogP contribution in [0.3, 0.4) is 0 Å². The van der Waals surface area contributed by atoms with Gasteiger partial charge in [-0.15, -0.1) is 5.10 Å². The second-order valence-corrected chi connectivity index (χ2v) is 3.79. The van der Waals surface area contributed by atoms with Crippen molar-refractivity contribution in [2.24, 2.45) is 0 Å². The van der Waals surface area contributed by atoms with Crippen molar-refractivity contribution in [3.8, 4) is 0 Å². The van der Waals surface area contributed by atoms with Gasteiger partial charge in [0.1, 0.15) is 0 Å².